The van der Waals surface area contributed by atoms with Crippen molar-refractivity contribution >= 4 is 50.8 Å². The maximum absolute atomic E-state index is 13.4. The number of hydrogen-bond donors (Lipinski definition) is 4. The molecule has 0 radical (unpaired) electrons. The summed E-state index contributed by atoms with van der Waals surface area (Å²) in [6.45, 7) is 7.01. The molecule has 10 heteroatoms. The van der Waals surface area contributed by atoms with Crippen LogP contribution in [0.2, 0.25) is 0 Å². The number of anilines is 2. The van der Waals surface area contributed by atoms with E-state index in [9.17, 15) is 14.4 Å². The molecule has 1 fully saturated rings. The van der Waals surface area contributed by atoms with Gasteiger partial charge in [0.05, 0.1) is 27.1 Å². The number of hydrogen-bond acceptors (Lipinski definition) is 6. The Balaban J connectivity index is 1.12. The number of benzene rings is 3. The van der Waals surface area contributed by atoms with Crippen LogP contribution in [0.15, 0.2) is 84.9 Å². The third kappa shape index (κ3) is 6.97. The van der Waals surface area contributed by atoms with Gasteiger partial charge < -0.3 is 16.0 Å². The van der Waals surface area contributed by atoms with E-state index in [0.29, 0.717) is 37.7 Å². The minimum absolute atomic E-state index is 0.225. The zero-order valence-corrected chi connectivity index (χ0v) is 26.2. The molecule has 4 N–H and O–H groups in total. The number of amides is 3. The molecule has 1 aliphatic heterocycles. The van der Waals surface area contributed by atoms with E-state index < -0.39 is 11.4 Å². The number of H-pyrrole nitrogens is 1. The first-order chi connectivity index (χ1) is 21.8. The monoisotopic (exact) mass is 620 g/mol. The molecule has 9 nitrogen and oxygen atoms in total. The summed E-state index contributed by atoms with van der Waals surface area (Å²) in [6, 6.07) is 26.0. The summed E-state index contributed by atoms with van der Waals surface area (Å²) in [5.74, 6) is -0.568. The van der Waals surface area contributed by atoms with Gasteiger partial charge in [0.15, 0.2) is 0 Å². The number of rotatable bonds is 9. The van der Waals surface area contributed by atoms with Gasteiger partial charge in [-0.1, -0.05) is 61.0 Å². The molecule has 6 rings (SSSR count). The van der Waals surface area contributed by atoms with Gasteiger partial charge in [-0.05, 0) is 81.2 Å². The standard InChI is InChI=1S/C35H36N6O3S/c1-35(2,25-11-5-3-6-12-25)38-33(44)29-21-27-30(39-40-34(27)45-29)37-32(43)26-13-7-8-14-28(26)36-31(42)24-17-15-23(16-18-24)22-41-19-9-4-10-20-41/h3,5-8,11-18,21H,4,9-10,19-20,22H2,1-2H3,(H,36,42)(H,38,44)(H2,37,39,40,43). The Labute approximate surface area is 266 Å². The summed E-state index contributed by atoms with van der Waals surface area (Å²) < 4.78 is 0. The highest BCUT2D eigenvalue weighted by atomic mass is 32.1. The van der Waals surface area contributed by atoms with Gasteiger partial charge in [-0.2, -0.15) is 5.10 Å². The predicted octanol–water partition coefficient (Wildman–Crippen LogP) is 6.78. The van der Waals surface area contributed by atoms with Crippen LogP contribution in [-0.2, 0) is 12.1 Å². The van der Waals surface area contributed by atoms with Crippen molar-refractivity contribution in [2.45, 2.75) is 45.2 Å². The van der Waals surface area contributed by atoms with Crippen molar-refractivity contribution in [3.05, 3.63) is 112 Å². The number of likely N-dealkylation sites (tertiary alicyclic amines) is 1. The first-order valence-corrected chi connectivity index (χ1v) is 16.0. The third-order valence-corrected chi connectivity index (χ3v) is 9.15. The number of nitrogens with zero attached hydrogens (tertiary/aromatic N) is 2. The van der Waals surface area contributed by atoms with Crippen molar-refractivity contribution in [1.82, 2.24) is 20.4 Å². The zero-order chi connectivity index (χ0) is 31.4. The average Bonchev–Trinajstić information content (AvgIpc) is 3.64. The van der Waals surface area contributed by atoms with Gasteiger partial charge in [-0.25, -0.2) is 0 Å². The molecule has 3 amide bonds. The number of aromatic nitrogens is 2. The molecule has 0 atom stereocenters. The number of para-hydroxylation sites is 1. The van der Waals surface area contributed by atoms with Crippen molar-refractivity contribution in [2.75, 3.05) is 23.7 Å². The van der Waals surface area contributed by atoms with Gasteiger partial charge in [0, 0.05) is 12.1 Å². The third-order valence-electron chi connectivity index (χ3n) is 8.13. The van der Waals surface area contributed by atoms with Crippen LogP contribution in [0.1, 0.15) is 74.6 Å². The first kappa shape index (κ1) is 30.2. The lowest BCUT2D eigenvalue weighted by Gasteiger charge is -2.26. The molecule has 1 saturated heterocycles. The van der Waals surface area contributed by atoms with Crippen LogP contribution in [0.5, 0.6) is 0 Å². The molecular weight excluding hydrogens is 584 g/mol. The lowest BCUT2D eigenvalue weighted by atomic mass is 9.94. The van der Waals surface area contributed by atoms with E-state index in [1.807, 2.05) is 68.4 Å². The number of carbonyl (C=O) groups excluding carboxylic acids is 3. The Morgan fingerprint density at radius 2 is 1.56 bits per heavy atom. The zero-order valence-electron chi connectivity index (χ0n) is 25.4. The van der Waals surface area contributed by atoms with E-state index in [4.69, 9.17) is 0 Å². The molecular formula is C35H36N6O3S. The number of thiophene rings is 1. The van der Waals surface area contributed by atoms with E-state index in [0.717, 1.165) is 25.2 Å². The van der Waals surface area contributed by atoms with Crippen LogP contribution >= 0.6 is 11.3 Å². The number of piperidine rings is 1. The fourth-order valence-corrected chi connectivity index (χ4v) is 6.48. The van der Waals surface area contributed by atoms with Gasteiger partial charge >= 0.3 is 0 Å². The highest BCUT2D eigenvalue weighted by Crippen LogP contribution is 2.31. The fraction of sp³-hybridized carbons (Fsp3) is 0.257. The number of nitrogens with one attached hydrogen (secondary N) is 4. The smallest absolute Gasteiger partial charge is 0.262 e. The summed E-state index contributed by atoms with van der Waals surface area (Å²) in [7, 11) is 0. The van der Waals surface area contributed by atoms with E-state index in [-0.39, 0.29) is 11.8 Å². The van der Waals surface area contributed by atoms with Gasteiger partial charge in [0.2, 0.25) is 0 Å². The normalized spacial score (nSPS) is 13.8. The van der Waals surface area contributed by atoms with Crippen LogP contribution in [0.25, 0.3) is 10.2 Å². The topological polar surface area (TPSA) is 119 Å². The summed E-state index contributed by atoms with van der Waals surface area (Å²) in [5.41, 5.74) is 2.79. The van der Waals surface area contributed by atoms with Crippen LogP contribution in [0, 0.1) is 0 Å². The predicted molar refractivity (Wildman–Crippen MR) is 179 cm³/mol. The van der Waals surface area contributed by atoms with Crippen molar-refractivity contribution in [2.24, 2.45) is 0 Å². The maximum atomic E-state index is 13.4. The molecule has 230 valence electrons. The Morgan fingerprint density at radius 1 is 0.844 bits per heavy atom. The first-order valence-electron chi connectivity index (χ1n) is 15.2. The molecule has 0 spiro atoms. The molecule has 0 unspecified atom stereocenters. The maximum Gasteiger partial charge on any atom is 0.262 e. The largest absolute Gasteiger partial charge is 0.342 e. The van der Waals surface area contributed by atoms with Crippen molar-refractivity contribution < 1.29 is 14.4 Å². The quantitative estimate of drug-likeness (QED) is 0.145. The van der Waals surface area contributed by atoms with Gasteiger partial charge in [-0.3, -0.25) is 24.4 Å². The minimum Gasteiger partial charge on any atom is -0.342 e. The highest BCUT2D eigenvalue weighted by Gasteiger charge is 2.25. The number of aromatic amines is 1. The Morgan fingerprint density at radius 3 is 2.31 bits per heavy atom. The second-order valence-corrected chi connectivity index (χ2v) is 12.9. The van der Waals surface area contributed by atoms with E-state index >= 15 is 0 Å². The summed E-state index contributed by atoms with van der Waals surface area (Å²) in [6.07, 6.45) is 3.76. The van der Waals surface area contributed by atoms with E-state index in [1.54, 1.807) is 30.3 Å². The Bertz CT molecular complexity index is 1820. The Hall–Kier alpha value is -4.80. The number of fused-ring (bicyclic) bond motifs is 1. The van der Waals surface area contributed by atoms with Gasteiger partial charge in [0.1, 0.15) is 10.6 Å². The average molecular weight is 621 g/mol. The number of carbonyl (C=O) groups is 3. The molecule has 0 saturated carbocycles. The van der Waals surface area contributed by atoms with Crippen molar-refractivity contribution in [3.63, 3.8) is 0 Å². The van der Waals surface area contributed by atoms with Gasteiger partial charge in [-0.15, -0.1) is 11.3 Å². The van der Waals surface area contributed by atoms with Crippen LogP contribution in [0.4, 0.5) is 11.5 Å². The molecule has 2 aromatic heterocycles. The molecule has 0 bridgehead atoms. The van der Waals surface area contributed by atoms with Gasteiger partial charge in [0.25, 0.3) is 17.7 Å². The molecule has 1 aliphatic rings. The van der Waals surface area contributed by atoms with Crippen molar-refractivity contribution in [3.8, 4) is 0 Å². The highest BCUT2D eigenvalue weighted by molar-refractivity contribution is 7.20. The summed E-state index contributed by atoms with van der Waals surface area (Å²) in [5, 5.41) is 16.6. The second-order valence-electron chi connectivity index (χ2n) is 11.9. The lowest BCUT2D eigenvalue weighted by Crippen LogP contribution is -2.40. The minimum atomic E-state index is -0.577. The molecule has 45 heavy (non-hydrogen) atoms. The summed E-state index contributed by atoms with van der Waals surface area (Å²) >= 11 is 1.24. The fourth-order valence-electron chi connectivity index (χ4n) is 5.59. The van der Waals surface area contributed by atoms with Crippen LogP contribution in [0.3, 0.4) is 0 Å². The van der Waals surface area contributed by atoms with Crippen LogP contribution < -0.4 is 16.0 Å². The lowest BCUT2D eigenvalue weighted by molar-refractivity contribution is 0.0915. The molecule has 3 aromatic carbocycles. The van der Waals surface area contributed by atoms with E-state index in [1.165, 1.54) is 36.2 Å². The summed E-state index contributed by atoms with van der Waals surface area (Å²) in [4.78, 5) is 43.2. The van der Waals surface area contributed by atoms with E-state index in [2.05, 4.69) is 31.0 Å². The Kier molecular flexibility index (Phi) is 8.77. The molecule has 5 aromatic rings. The SMILES string of the molecule is CC(C)(NC(=O)c1cc2c(NC(=O)c3ccccc3NC(=O)c3ccc(CN4CCCCC4)cc3)[nH]nc2s1)c1ccccc1. The second kappa shape index (κ2) is 13.1. The van der Waals surface area contributed by atoms with Crippen LogP contribution in [-0.4, -0.2) is 45.9 Å². The van der Waals surface area contributed by atoms with Crippen molar-refractivity contribution in [1.29, 1.82) is 0 Å². The molecule has 0 aliphatic carbocycles. The molecule has 3 heterocycles.